The van der Waals surface area contributed by atoms with Crippen molar-refractivity contribution in [3.8, 4) is 0 Å². The Labute approximate surface area is 110 Å². The van der Waals surface area contributed by atoms with Crippen LogP contribution >= 0.6 is 0 Å². The van der Waals surface area contributed by atoms with E-state index in [1.54, 1.807) is 0 Å². The van der Waals surface area contributed by atoms with E-state index in [1.165, 1.54) is 6.92 Å². The molecular formula is C11H21NO5S. The molecule has 2 atom stereocenters. The minimum Gasteiger partial charge on any atom is -0.480 e. The van der Waals surface area contributed by atoms with Crippen LogP contribution in [0.1, 0.15) is 20.8 Å². The van der Waals surface area contributed by atoms with Gasteiger partial charge in [0.25, 0.3) is 0 Å². The highest BCUT2D eigenvalue weighted by atomic mass is 32.2. The van der Waals surface area contributed by atoms with Crippen molar-refractivity contribution < 1.29 is 23.6 Å². The highest BCUT2D eigenvalue weighted by molar-refractivity contribution is 7.85. The third kappa shape index (κ3) is 9.12. The van der Waals surface area contributed by atoms with Gasteiger partial charge in [-0.05, 0) is 5.92 Å². The number of carboxylic acids is 1. The topological polar surface area (TPSA) is 92.7 Å². The molecule has 0 fully saturated rings. The molecule has 0 heterocycles. The van der Waals surface area contributed by atoms with Crippen LogP contribution in [0, 0.1) is 5.92 Å². The monoisotopic (exact) mass is 279 g/mol. The van der Waals surface area contributed by atoms with Gasteiger partial charge in [0.2, 0.25) is 5.91 Å². The van der Waals surface area contributed by atoms with Crippen molar-refractivity contribution in [3.05, 3.63) is 0 Å². The number of carboxylic acid groups (broad SMARTS) is 1. The van der Waals surface area contributed by atoms with E-state index in [2.05, 4.69) is 5.32 Å². The van der Waals surface area contributed by atoms with Gasteiger partial charge in [-0.1, -0.05) is 13.8 Å². The summed E-state index contributed by atoms with van der Waals surface area (Å²) in [7, 11) is -1.32. The fraction of sp³-hybridized carbons (Fsp3) is 0.818. The minimum absolute atomic E-state index is 0.0973. The molecule has 0 aromatic carbocycles. The molecule has 0 aromatic heterocycles. The number of amides is 1. The Hall–Kier alpha value is -0.950. The van der Waals surface area contributed by atoms with Crippen LogP contribution in [-0.2, 0) is 25.1 Å². The largest absolute Gasteiger partial charge is 0.480 e. The van der Waals surface area contributed by atoms with Gasteiger partial charge in [0.05, 0.1) is 12.4 Å². The highest BCUT2D eigenvalue weighted by Gasteiger charge is 2.20. The van der Waals surface area contributed by atoms with Crippen molar-refractivity contribution in [2.24, 2.45) is 5.92 Å². The summed E-state index contributed by atoms with van der Waals surface area (Å²) >= 11 is 0. The molecule has 0 aliphatic rings. The summed E-state index contributed by atoms with van der Waals surface area (Å²) < 4.78 is 16.9. The molecule has 0 bridgehead atoms. The third-order valence-electron chi connectivity index (χ3n) is 1.93. The second-order valence-electron chi connectivity index (χ2n) is 4.37. The summed E-state index contributed by atoms with van der Waals surface area (Å²) in [5, 5.41) is 11.1. The zero-order valence-electron chi connectivity index (χ0n) is 11.0. The minimum atomic E-state index is -1.32. The second-order valence-corrected chi connectivity index (χ2v) is 5.99. The molecule has 6 nitrogen and oxygen atoms in total. The lowest BCUT2D eigenvalue weighted by molar-refractivity contribution is -0.140. The van der Waals surface area contributed by atoms with Gasteiger partial charge in [-0.25, -0.2) is 4.79 Å². The fourth-order valence-electron chi connectivity index (χ4n) is 1.16. The summed E-state index contributed by atoms with van der Waals surface area (Å²) in [6, 6.07) is -1.10. The van der Waals surface area contributed by atoms with Crippen LogP contribution in [0.15, 0.2) is 0 Å². The Balaban J connectivity index is 3.95. The van der Waals surface area contributed by atoms with E-state index >= 15 is 0 Å². The lowest BCUT2D eigenvalue weighted by atomic mass is 10.2. The third-order valence-corrected chi connectivity index (χ3v) is 3.26. The van der Waals surface area contributed by atoms with Gasteiger partial charge in [-0.3, -0.25) is 9.00 Å². The van der Waals surface area contributed by atoms with Crippen molar-refractivity contribution in [1.82, 2.24) is 5.32 Å². The van der Waals surface area contributed by atoms with E-state index in [4.69, 9.17) is 9.84 Å². The molecule has 1 amide bonds. The van der Waals surface area contributed by atoms with Gasteiger partial charge in [0, 0.05) is 30.1 Å². The molecule has 0 radical (unpaired) electrons. The average molecular weight is 279 g/mol. The molecule has 0 spiro atoms. The fourth-order valence-corrected chi connectivity index (χ4v) is 2.23. The first-order valence-electron chi connectivity index (χ1n) is 5.75. The van der Waals surface area contributed by atoms with Crippen LogP contribution in [0.5, 0.6) is 0 Å². The molecule has 0 rings (SSSR count). The molecular weight excluding hydrogens is 258 g/mol. The van der Waals surface area contributed by atoms with Crippen LogP contribution in [-0.4, -0.2) is 52.0 Å². The zero-order valence-corrected chi connectivity index (χ0v) is 11.8. The van der Waals surface area contributed by atoms with E-state index < -0.39 is 28.7 Å². The molecule has 0 saturated heterocycles. The molecule has 0 saturated carbocycles. The van der Waals surface area contributed by atoms with Gasteiger partial charge in [0.15, 0.2) is 0 Å². The number of aliphatic carboxylic acids is 1. The number of carbonyl (C=O) groups excluding carboxylic acids is 1. The lowest BCUT2D eigenvalue weighted by Crippen LogP contribution is -2.43. The number of ether oxygens (including phenoxy) is 1. The second kappa shape index (κ2) is 9.04. The Morgan fingerprint density at radius 3 is 2.44 bits per heavy atom. The van der Waals surface area contributed by atoms with Crippen LogP contribution in [0.2, 0.25) is 0 Å². The Bertz CT molecular complexity index is 306. The highest BCUT2D eigenvalue weighted by Crippen LogP contribution is 1.95. The molecule has 7 heteroatoms. The quantitative estimate of drug-likeness (QED) is 0.579. The first-order chi connectivity index (χ1) is 8.32. The predicted octanol–water partition coefficient (Wildman–Crippen LogP) is -0.00300. The van der Waals surface area contributed by atoms with Crippen LogP contribution in [0.4, 0.5) is 0 Å². The number of rotatable bonds is 9. The van der Waals surface area contributed by atoms with Crippen LogP contribution < -0.4 is 5.32 Å². The van der Waals surface area contributed by atoms with E-state index in [1.807, 2.05) is 13.8 Å². The van der Waals surface area contributed by atoms with E-state index in [-0.39, 0.29) is 11.5 Å². The number of nitrogens with one attached hydrogen (secondary N) is 1. The van der Waals surface area contributed by atoms with Crippen molar-refractivity contribution in [2.75, 3.05) is 24.7 Å². The molecule has 106 valence electrons. The first kappa shape index (κ1) is 17.1. The van der Waals surface area contributed by atoms with Gasteiger partial charge < -0.3 is 15.2 Å². The van der Waals surface area contributed by atoms with Gasteiger partial charge >= 0.3 is 5.97 Å². The van der Waals surface area contributed by atoms with Crippen molar-refractivity contribution in [2.45, 2.75) is 26.8 Å². The maximum absolute atomic E-state index is 11.6. The number of hydrogen-bond donors (Lipinski definition) is 2. The maximum Gasteiger partial charge on any atom is 0.327 e. The molecule has 0 aliphatic carbocycles. The van der Waals surface area contributed by atoms with Crippen molar-refractivity contribution >= 4 is 22.7 Å². The lowest BCUT2D eigenvalue weighted by Gasteiger charge is -2.13. The Morgan fingerprint density at radius 2 is 2.00 bits per heavy atom. The summed E-state index contributed by atoms with van der Waals surface area (Å²) in [6.45, 7) is 6.16. The molecule has 0 aliphatic heterocycles. The Morgan fingerprint density at radius 1 is 1.39 bits per heavy atom. The van der Waals surface area contributed by atoms with Crippen molar-refractivity contribution in [3.63, 3.8) is 0 Å². The first-order valence-corrected chi connectivity index (χ1v) is 7.24. The maximum atomic E-state index is 11.6. The van der Waals surface area contributed by atoms with Crippen LogP contribution in [0.3, 0.4) is 0 Å². The van der Waals surface area contributed by atoms with Crippen molar-refractivity contribution in [1.29, 1.82) is 0 Å². The Kier molecular flexibility index (Phi) is 8.57. The van der Waals surface area contributed by atoms with E-state index in [0.29, 0.717) is 19.1 Å². The summed E-state index contributed by atoms with van der Waals surface area (Å²) in [6.07, 6.45) is 0. The molecule has 0 aromatic rings. The SMILES string of the molecule is CC(=O)N[C@@H](CS(=O)CCOCC(C)C)C(=O)O. The summed E-state index contributed by atoms with van der Waals surface area (Å²) in [4.78, 5) is 21.6. The van der Waals surface area contributed by atoms with Crippen LogP contribution in [0.25, 0.3) is 0 Å². The molecule has 1 unspecified atom stereocenters. The van der Waals surface area contributed by atoms with E-state index in [9.17, 15) is 13.8 Å². The summed E-state index contributed by atoms with van der Waals surface area (Å²) in [5.74, 6) is -1.04. The molecule has 2 N–H and O–H groups in total. The normalized spacial score (nSPS) is 14.2. The van der Waals surface area contributed by atoms with Gasteiger partial charge in [-0.2, -0.15) is 0 Å². The summed E-state index contributed by atoms with van der Waals surface area (Å²) in [5.41, 5.74) is 0. The number of hydrogen-bond acceptors (Lipinski definition) is 4. The predicted molar refractivity (Wildman–Crippen MR) is 68.8 cm³/mol. The van der Waals surface area contributed by atoms with E-state index in [0.717, 1.165) is 0 Å². The van der Waals surface area contributed by atoms with Gasteiger partial charge in [0.1, 0.15) is 6.04 Å². The standard InChI is InChI=1S/C11H21NO5S/c1-8(2)6-17-4-5-18(16)7-10(11(14)15)12-9(3)13/h8,10H,4-7H2,1-3H3,(H,12,13)(H,14,15)/t10-,18?/m0/s1. The number of carbonyl (C=O) groups is 2. The molecule has 18 heavy (non-hydrogen) atoms. The smallest absolute Gasteiger partial charge is 0.327 e. The zero-order chi connectivity index (χ0) is 14.1. The average Bonchev–Trinajstić information content (AvgIpc) is 2.22. The van der Waals surface area contributed by atoms with Gasteiger partial charge in [-0.15, -0.1) is 0 Å².